The van der Waals surface area contributed by atoms with E-state index < -0.39 is 0 Å². The van der Waals surface area contributed by atoms with Gasteiger partial charge in [0.05, 0.1) is 0 Å². The molecular formula is C13H26N2. The third-order valence-electron chi connectivity index (χ3n) is 2.91. The first kappa shape index (κ1) is 12.7. The molecule has 1 rings (SSSR count). The molecule has 0 aromatic heterocycles. The van der Waals surface area contributed by atoms with E-state index in [1.165, 1.54) is 31.4 Å². The van der Waals surface area contributed by atoms with Crippen molar-refractivity contribution in [2.75, 3.05) is 32.7 Å². The van der Waals surface area contributed by atoms with Gasteiger partial charge in [-0.2, -0.15) is 0 Å². The molecule has 1 saturated carbocycles. The number of nitrogens with zero attached hydrogens (tertiary/aromatic N) is 1. The lowest BCUT2D eigenvalue weighted by Gasteiger charge is -2.21. The summed E-state index contributed by atoms with van der Waals surface area (Å²) in [6, 6.07) is 0. The Hall–Kier alpha value is -0.340. The van der Waals surface area contributed by atoms with E-state index in [1.54, 1.807) is 0 Å². The fourth-order valence-corrected chi connectivity index (χ4v) is 1.79. The van der Waals surface area contributed by atoms with Crippen LogP contribution in [0.3, 0.4) is 0 Å². The zero-order chi connectivity index (χ0) is 11.1. The first-order chi connectivity index (χ1) is 7.26. The van der Waals surface area contributed by atoms with Gasteiger partial charge in [0.25, 0.3) is 0 Å². The molecule has 0 aliphatic heterocycles. The van der Waals surface area contributed by atoms with Gasteiger partial charge < -0.3 is 5.32 Å². The third-order valence-corrected chi connectivity index (χ3v) is 2.91. The molecule has 2 nitrogen and oxygen atoms in total. The molecule has 0 radical (unpaired) electrons. The zero-order valence-electron chi connectivity index (χ0n) is 10.4. The van der Waals surface area contributed by atoms with Crippen LogP contribution in [0, 0.1) is 5.92 Å². The summed E-state index contributed by atoms with van der Waals surface area (Å²) in [4.78, 5) is 2.52. The van der Waals surface area contributed by atoms with Crippen molar-refractivity contribution < 1.29 is 0 Å². The van der Waals surface area contributed by atoms with E-state index in [9.17, 15) is 0 Å². The second-order valence-electron chi connectivity index (χ2n) is 4.70. The maximum absolute atomic E-state index is 4.14. The number of hydrogen-bond donors (Lipinski definition) is 1. The van der Waals surface area contributed by atoms with Crippen LogP contribution >= 0.6 is 0 Å². The predicted molar refractivity (Wildman–Crippen MR) is 67.1 cm³/mol. The van der Waals surface area contributed by atoms with Gasteiger partial charge in [0.2, 0.25) is 0 Å². The summed E-state index contributed by atoms with van der Waals surface area (Å²) in [5, 5.41) is 3.41. The van der Waals surface area contributed by atoms with E-state index >= 15 is 0 Å². The average Bonchev–Trinajstić information content (AvgIpc) is 3.01. The Bertz CT molecular complexity index is 185. The SMILES string of the molecule is C=C(CNCCC)CN(CC)CC1CC1. The van der Waals surface area contributed by atoms with Gasteiger partial charge in [-0.3, -0.25) is 4.90 Å². The summed E-state index contributed by atoms with van der Waals surface area (Å²) in [5.41, 5.74) is 1.32. The molecule has 1 aliphatic carbocycles. The molecule has 0 aromatic rings. The van der Waals surface area contributed by atoms with Crippen molar-refractivity contribution in [3.05, 3.63) is 12.2 Å². The molecule has 0 spiro atoms. The van der Waals surface area contributed by atoms with Gasteiger partial charge in [0.15, 0.2) is 0 Å². The molecule has 0 atom stereocenters. The molecule has 0 unspecified atom stereocenters. The topological polar surface area (TPSA) is 15.3 Å². The first-order valence-corrected chi connectivity index (χ1v) is 6.36. The van der Waals surface area contributed by atoms with Gasteiger partial charge in [-0.05, 0) is 43.8 Å². The van der Waals surface area contributed by atoms with Crippen molar-refractivity contribution >= 4 is 0 Å². The highest BCUT2D eigenvalue weighted by atomic mass is 15.1. The van der Waals surface area contributed by atoms with Crippen LogP contribution in [0.2, 0.25) is 0 Å². The molecule has 88 valence electrons. The second-order valence-corrected chi connectivity index (χ2v) is 4.70. The molecule has 2 heteroatoms. The van der Waals surface area contributed by atoms with Gasteiger partial charge in [-0.1, -0.05) is 20.4 Å². The van der Waals surface area contributed by atoms with Crippen molar-refractivity contribution in [3.63, 3.8) is 0 Å². The van der Waals surface area contributed by atoms with E-state index in [4.69, 9.17) is 0 Å². The minimum Gasteiger partial charge on any atom is -0.313 e. The van der Waals surface area contributed by atoms with Crippen molar-refractivity contribution in [3.8, 4) is 0 Å². The predicted octanol–water partition coefficient (Wildman–Crippen LogP) is 2.27. The van der Waals surface area contributed by atoms with Crippen LogP contribution in [0.5, 0.6) is 0 Å². The van der Waals surface area contributed by atoms with Gasteiger partial charge in [-0.15, -0.1) is 0 Å². The van der Waals surface area contributed by atoms with E-state index in [0.717, 1.165) is 32.1 Å². The van der Waals surface area contributed by atoms with E-state index in [0.29, 0.717) is 0 Å². The molecular weight excluding hydrogens is 184 g/mol. The Morgan fingerprint density at radius 1 is 1.40 bits per heavy atom. The summed E-state index contributed by atoms with van der Waals surface area (Å²) in [5.74, 6) is 0.987. The van der Waals surface area contributed by atoms with Crippen LogP contribution in [0.1, 0.15) is 33.1 Å². The summed E-state index contributed by atoms with van der Waals surface area (Å²) in [7, 11) is 0. The minimum atomic E-state index is 0.981. The van der Waals surface area contributed by atoms with Crippen LogP contribution in [0.4, 0.5) is 0 Å². The standard InChI is InChI=1S/C13H26N2/c1-4-8-14-9-12(3)10-15(5-2)11-13-6-7-13/h13-14H,3-11H2,1-2H3. The summed E-state index contributed by atoms with van der Waals surface area (Å²) >= 11 is 0. The minimum absolute atomic E-state index is 0.981. The Morgan fingerprint density at radius 2 is 2.13 bits per heavy atom. The molecule has 0 amide bonds. The Kier molecular flexibility index (Phi) is 5.96. The molecule has 15 heavy (non-hydrogen) atoms. The summed E-state index contributed by atoms with van der Waals surface area (Å²) in [6.07, 6.45) is 4.08. The number of nitrogens with one attached hydrogen (secondary N) is 1. The molecule has 1 N–H and O–H groups in total. The Labute approximate surface area is 94.7 Å². The third kappa shape index (κ3) is 5.95. The number of hydrogen-bond acceptors (Lipinski definition) is 2. The molecule has 0 heterocycles. The van der Waals surface area contributed by atoms with Crippen LogP contribution < -0.4 is 5.32 Å². The Morgan fingerprint density at radius 3 is 2.67 bits per heavy atom. The van der Waals surface area contributed by atoms with Crippen molar-refractivity contribution in [2.24, 2.45) is 5.92 Å². The molecule has 1 aliphatic rings. The lowest BCUT2D eigenvalue weighted by molar-refractivity contribution is 0.297. The lowest BCUT2D eigenvalue weighted by Crippen LogP contribution is -2.30. The summed E-state index contributed by atoms with van der Waals surface area (Å²) in [6.45, 7) is 14.2. The molecule has 0 bridgehead atoms. The normalized spacial score (nSPS) is 15.9. The van der Waals surface area contributed by atoms with Crippen LogP contribution in [-0.2, 0) is 0 Å². The smallest absolute Gasteiger partial charge is 0.0202 e. The highest BCUT2D eigenvalue weighted by Gasteiger charge is 2.23. The van der Waals surface area contributed by atoms with Crippen molar-refractivity contribution in [1.82, 2.24) is 10.2 Å². The van der Waals surface area contributed by atoms with Crippen molar-refractivity contribution in [1.29, 1.82) is 0 Å². The largest absolute Gasteiger partial charge is 0.313 e. The van der Waals surface area contributed by atoms with Gasteiger partial charge >= 0.3 is 0 Å². The van der Waals surface area contributed by atoms with E-state index in [2.05, 4.69) is 30.6 Å². The number of rotatable bonds is 9. The lowest BCUT2D eigenvalue weighted by atomic mass is 10.2. The highest BCUT2D eigenvalue weighted by Crippen LogP contribution is 2.29. The fourth-order valence-electron chi connectivity index (χ4n) is 1.79. The molecule has 1 fully saturated rings. The quantitative estimate of drug-likeness (QED) is 0.464. The second kappa shape index (κ2) is 7.02. The first-order valence-electron chi connectivity index (χ1n) is 6.36. The zero-order valence-corrected chi connectivity index (χ0v) is 10.4. The Balaban J connectivity index is 2.09. The van der Waals surface area contributed by atoms with Crippen molar-refractivity contribution in [2.45, 2.75) is 33.1 Å². The maximum Gasteiger partial charge on any atom is 0.0202 e. The monoisotopic (exact) mass is 210 g/mol. The fraction of sp³-hybridized carbons (Fsp3) is 0.846. The van der Waals surface area contributed by atoms with Crippen LogP contribution in [0.15, 0.2) is 12.2 Å². The number of likely N-dealkylation sites (N-methyl/N-ethyl adjacent to an activating group) is 1. The van der Waals surface area contributed by atoms with Gasteiger partial charge in [0, 0.05) is 19.6 Å². The maximum atomic E-state index is 4.14. The van der Waals surface area contributed by atoms with E-state index in [1.807, 2.05) is 0 Å². The average molecular weight is 210 g/mol. The highest BCUT2D eigenvalue weighted by molar-refractivity contribution is 5.00. The van der Waals surface area contributed by atoms with E-state index in [-0.39, 0.29) is 0 Å². The van der Waals surface area contributed by atoms with Crippen LogP contribution in [-0.4, -0.2) is 37.6 Å². The van der Waals surface area contributed by atoms with Crippen LogP contribution in [0.25, 0.3) is 0 Å². The summed E-state index contributed by atoms with van der Waals surface area (Å²) < 4.78 is 0. The van der Waals surface area contributed by atoms with Gasteiger partial charge in [0.1, 0.15) is 0 Å². The van der Waals surface area contributed by atoms with Gasteiger partial charge in [-0.25, -0.2) is 0 Å². The molecule has 0 saturated heterocycles. The molecule has 0 aromatic carbocycles.